The molecule has 0 spiro atoms. The summed E-state index contributed by atoms with van der Waals surface area (Å²) in [5.74, 6) is -1.56. The van der Waals surface area contributed by atoms with Crippen molar-refractivity contribution in [1.29, 1.82) is 0 Å². The Labute approximate surface area is 122 Å². The number of esters is 1. The Morgan fingerprint density at radius 2 is 1.86 bits per heavy atom. The first-order valence-corrected chi connectivity index (χ1v) is 7.02. The van der Waals surface area contributed by atoms with E-state index < -0.39 is 30.1 Å². The average Bonchev–Trinajstić information content (AvgIpc) is 2.53. The fraction of sp³-hybridized carbons (Fsp3) is 0.769. The normalized spacial score (nSPS) is 26.3. The van der Waals surface area contributed by atoms with E-state index in [1.807, 2.05) is 0 Å². The largest absolute Gasteiger partial charge is 0.480 e. The molecule has 2 aliphatic heterocycles. The SMILES string of the molecule is COC(=O)C1CCCCN1C(=O)N1CCOCC1C(=O)O. The first-order chi connectivity index (χ1) is 10.1. The van der Waals surface area contributed by atoms with Crippen LogP contribution >= 0.6 is 0 Å². The molecular formula is C13H20N2O6. The molecule has 118 valence electrons. The van der Waals surface area contributed by atoms with Crippen LogP contribution in [0.2, 0.25) is 0 Å². The molecule has 2 fully saturated rings. The van der Waals surface area contributed by atoms with Gasteiger partial charge in [0.25, 0.3) is 0 Å². The van der Waals surface area contributed by atoms with Crippen LogP contribution < -0.4 is 0 Å². The summed E-state index contributed by atoms with van der Waals surface area (Å²) in [7, 11) is 1.29. The summed E-state index contributed by atoms with van der Waals surface area (Å²) in [6.45, 7) is 0.909. The van der Waals surface area contributed by atoms with Crippen molar-refractivity contribution in [1.82, 2.24) is 9.80 Å². The molecule has 2 amide bonds. The molecule has 2 aliphatic rings. The molecule has 0 bridgehead atoms. The summed E-state index contributed by atoms with van der Waals surface area (Å²) in [5, 5.41) is 9.19. The van der Waals surface area contributed by atoms with Gasteiger partial charge in [0.15, 0.2) is 6.04 Å². The lowest BCUT2D eigenvalue weighted by Crippen LogP contribution is -2.60. The predicted molar refractivity (Wildman–Crippen MR) is 70.7 cm³/mol. The number of morpholine rings is 1. The third kappa shape index (κ3) is 3.26. The van der Waals surface area contributed by atoms with Crippen LogP contribution in [0.3, 0.4) is 0 Å². The van der Waals surface area contributed by atoms with Gasteiger partial charge >= 0.3 is 18.0 Å². The summed E-state index contributed by atoms with van der Waals surface area (Å²) in [6, 6.07) is -2.07. The van der Waals surface area contributed by atoms with E-state index in [9.17, 15) is 19.5 Å². The number of carbonyl (C=O) groups excluding carboxylic acids is 2. The molecule has 2 saturated heterocycles. The number of likely N-dealkylation sites (tertiary alicyclic amines) is 1. The first-order valence-electron chi connectivity index (χ1n) is 7.02. The fourth-order valence-corrected chi connectivity index (χ4v) is 2.74. The van der Waals surface area contributed by atoms with Crippen molar-refractivity contribution in [2.75, 3.05) is 33.4 Å². The predicted octanol–water partition coefficient (Wildman–Crippen LogP) is -0.0807. The van der Waals surface area contributed by atoms with Gasteiger partial charge in [-0.1, -0.05) is 0 Å². The Bertz CT molecular complexity index is 427. The third-order valence-electron chi connectivity index (χ3n) is 3.88. The second-order valence-corrected chi connectivity index (χ2v) is 5.13. The molecule has 2 unspecified atom stereocenters. The molecule has 1 N–H and O–H groups in total. The maximum atomic E-state index is 12.6. The van der Waals surface area contributed by atoms with Crippen molar-refractivity contribution in [3.63, 3.8) is 0 Å². The van der Waals surface area contributed by atoms with Crippen LogP contribution in [-0.2, 0) is 19.1 Å². The van der Waals surface area contributed by atoms with Gasteiger partial charge in [-0.15, -0.1) is 0 Å². The number of ether oxygens (including phenoxy) is 2. The van der Waals surface area contributed by atoms with E-state index in [0.29, 0.717) is 19.6 Å². The number of rotatable bonds is 2. The molecule has 8 nitrogen and oxygen atoms in total. The van der Waals surface area contributed by atoms with Crippen LogP contribution in [0.25, 0.3) is 0 Å². The van der Waals surface area contributed by atoms with Crippen LogP contribution in [0.5, 0.6) is 0 Å². The third-order valence-corrected chi connectivity index (χ3v) is 3.88. The minimum atomic E-state index is -1.10. The molecule has 0 aromatic carbocycles. The number of hydrogen-bond donors (Lipinski definition) is 1. The number of piperidine rings is 1. The molecule has 21 heavy (non-hydrogen) atoms. The van der Waals surface area contributed by atoms with Crippen LogP contribution in [0.4, 0.5) is 4.79 Å². The smallest absolute Gasteiger partial charge is 0.328 e. The minimum absolute atomic E-state index is 0.0300. The molecule has 0 aliphatic carbocycles. The van der Waals surface area contributed by atoms with Crippen molar-refractivity contribution >= 4 is 18.0 Å². The highest BCUT2D eigenvalue weighted by atomic mass is 16.5. The molecule has 0 saturated carbocycles. The summed E-state index contributed by atoms with van der Waals surface area (Å²) >= 11 is 0. The van der Waals surface area contributed by atoms with E-state index in [-0.39, 0.29) is 13.2 Å². The number of hydrogen-bond acceptors (Lipinski definition) is 5. The van der Waals surface area contributed by atoms with Crippen LogP contribution in [0.1, 0.15) is 19.3 Å². The van der Waals surface area contributed by atoms with Gasteiger partial charge in [0.1, 0.15) is 6.04 Å². The standard InChI is InChI=1S/C13H20N2O6/c1-20-12(18)9-4-2-3-5-14(9)13(19)15-6-7-21-8-10(15)11(16)17/h9-10H,2-8H2,1H3,(H,16,17). The van der Waals surface area contributed by atoms with Gasteiger partial charge in [-0.25, -0.2) is 14.4 Å². The second-order valence-electron chi connectivity index (χ2n) is 5.13. The maximum absolute atomic E-state index is 12.6. The zero-order valence-electron chi connectivity index (χ0n) is 12.0. The van der Waals surface area contributed by atoms with Gasteiger partial charge in [-0.3, -0.25) is 0 Å². The number of carboxylic acids is 1. The molecular weight excluding hydrogens is 280 g/mol. The number of methoxy groups -OCH3 is 1. The summed E-state index contributed by atoms with van der Waals surface area (Å²) < 4.78 is 9.86. The first kappa shape index (κ1) is 15.6. The zero-order valence-corrected chi connectivity index (χ0v) is 12.0. The molecule has 2 atom stereocenters. The Morgan fingerprint density at radius 3 is 2.52 bits per heavy atom. The average molecular weight is 300 g/mol. The second kappa shape index (κ2) is 6.75. The van der Waals surface area contributed by atoms with Gasteiger partial charge in [0, 0.05) is 13.1 Å². The van der Waals surface area contributed by atoms with Gasteiger partial charge in [-0.2, -0.15) is 0 Å². The van der Waals surface area contributed by atoms with Gasteiger partial charge in [-0.05, 0) is 19.3 Å². The lowest BCUT2D eigenvalue weighted by Gasteiger charge is -2.40. The minimum Gasteiger partial charge on any atom is -0.480 e. The van der Waals surface area contributed by atoms with Gasteiger partial charge < -0.3 is 24.4 Å². The summed E-state index contributed by atoms with van der Waals surface area (Å²) in [5.41, 5.74) is 0. The molecule has 0 aromatic heterocycles. The van der Waals surface area contributed by atoms with Gasteiger partial charge in [0.05, 0.1) is 20.3 Å². The summed E-state index contributed by atoms with van der Waals surface area (Å²) in [6.07, 6.45) is 2.18. The number of carbonyl (C=O) groups is 3. The van der Waals surface area contributed by atoms with Crippen molar-refractivity contribution in [2.24, 2.45) is 0 Å². The van der Waals surface area contributed by atoms with E-state index in [1.165, 1.54) is 16.9 Å². The van der Waals surface area contributed by atoms with Gasteiger partial charge in [0.2, 0.25) is 0 Å². The Hall–Kier alpha value is -1.83. The van der Waals surface area contributed by atoms with Crippen molar-refractivity contribution in [2.45, 2.75) is 31.3 Å². The van der Waals surface area contributed by atoms with Crippen molar-refractivity contribution in [3.05, 3.63) is 0 Å². The monoisotopic (exact) mass is 300 g/mol. The van der Waals surface area contributed by atoms with E-state index in [1.54, 1.807) is 0 Å². The van der Waals surface area contributed by atoms with Crippen LogP contribution in [-0.4, -0.2) is 78.4 Å². The van der Waals surface area contributed by atoms with E-state index >= 15 is 0 Å². The van der Waals surface area contributed by atoms with E-state index in [0.717, 1.165) is 12.8 Å². The quantitative estimate of drug-likeness (QED) is 0.717. The fourth-order valence-electron chi connectivity index (χ4n) is 2.74. The molecule has 2 rings (SSSR count). The number of nitrogens with zero attached hydrogens (tertiary/aromatic N) is 2. The van der Waals surface area contributed by atoms with Crippen molar-refractivity contribution in [3.8, 4) is 0 Å². The number of carboxylic acid groups (broad SMARTS) is 1. The molecule has 2 heterocycles. The topological polar surface area (TPSA) is 96.4 Å². The zero-order chi connectivity index (χ0) is 15.4. The summed E-state index contributed by atoms with van der Waals surface area (Å²) in [4.78, 5) is 38.4. The molecule has 0 radical (unpaired) electrons. The molecule has 8 heteroatoms. The Morgan fingerprint density at radius 1 is 1.14 bits per heavy atom. The highest BCUT2D eigenvalue weighted by Crippen LogP contribution is 2.21. The van der Waals surface area contributed by atoms with Crippen LogP contribution in [0.15, 0.2) is 0 Å². The van der Waals surface area contributed by atoms with E-state index in [2.05, 4.69) is 0 Å². The highest BCUT2D eigenvalue weighted by molar-refractivity contribution is 5.87. The highest BCUT2D eigenvalue weighted by Gasteiger charge is 2.40. The molecule has 0 aromatic rings. The van der Waals surface area contributed by atoms with Crippen molar-refractivity contribution < 1.29 is 29.0 Å². The lowest BCUT2D eigenvalue weighted by molar-refractivity contribution is -0.149. The Balaban J connectivity index is 2.15. The van der Waals surface area contributed by atoms with Crippen LogP contribution in [0, 0.1) is 0 Å². The van der Waals surface area contributed by atoms with E-state index in [4.69, 9.17) is 9.47 Å². The number of aliphatic carboxylic acids is 1. The Kier molecular flexibility index (Phi) is 5.00. The maximum Gasteiger partial charge on any atom is 0.328 e. The number of amides is 2. The number of urea groups is 1. The lowest BCUT2D eigenvalue weighted by atomic mass is 10.0.